The van der Waals surface area contributed by atoms with Gasteiger partial charge in [0.15, 0.2) is 0 Å². The molecular formula is C5H13NaO2. The third-order valence-corrected chi connectivity index (χ3v) is 0.724. The predicted octanol–water partition coefficient (Wildman–Crippen LogP) is -0.509. The maximum atomic E-state index is 8.86. The van der Waals surface area contributed by atoms with Crippen LogP contribution in [0, 0.1) is 0 Å². The van der Waals surface area contributed by atoms with Crippen molar-refractivity contribution in [2.45, 2.75) is 25.9 Å². The van der Waals surface area contributed by atoms with Crippen LogP contribution in [0.3, 0.4) is 0 Å². The molecule has 0 atom stereocenters. The topological polar surface area (TPSA) is 40.5 Å². The summed E-state index contributed by atoms with van der Waals surface area (Å²) in [5, 5.41) is 17.1. The second-order valence-electron chi connectivity index (χ2n) is 2.29. The second-order valence-corrected chi connectivity index (χ2v) is 2.29. The van der Waals surface area contributed by atoms with E-state index in [4.69, 9.17) is 10.2 Å². The molecule has 0 amide bonds. The Morgan fingerprint density at radius 2 is 1.75 bits per heavy atom. The molecule has 0 aromatic rings. The zero-order valence-electron chi connectivity index (χ0n) is 4.81. The van der Waals surface area contributed by atoms with Crippen molar-refractivity contribution in [2.24, 2.45) is 0 Å². The zero-order valence-corrected chi connectivity index (χ0v) is 4.81. The quantitative estimate of drug-likeness (QED) is 0.492. The summed E-state index contributed by atoms with van der Waals surface area (Å²) < 4.78 is 0. The number of hydrogen-bond acceptors (Lipinski definition) is 2. The van der Waals surface area contributed by atoms with E-state index in [0.717, 1.165) is 0 Å². The van der Waals surface area contributed by atoms with E-state index < -0.39 is 5.60 Å². The van der Waals surface area contributed by atoms with Crippen molar-refractivity contribution in [1.82, 2.24) is 0 Å². The second kappa shape index (κ2) is 4.77. The third kappa shape index (κ3) is 10.0. The molecule has 0 aromatic heterocycles. The van der Waals surface area contributed by atoms with E-state index in [-0.39, 0.29) is 36.2 Å². The van der Waals surface area contributed by atoms with Crippen molar-refractivity contribution in [3.8, 4) is 0 Å². The van der Waals surface area contributed by atoms with Crippen LogP contribution in [0.25, 0.3) is 0 Å². The maximum absolute atomic E-state index is 8.86. The Balaban J connectivity index is 0. The number of aliphatic hydroxyl groups is 2. The van der Waals surface area contributed by atoms with Gasteiger partial charge >= 0.3 is 29.6 Å². The van der Waals surface area contributed by atoms with E-state index in [1.807, 2.05) is 0 Å². The van der Waals surface area contributed by atoms with Crippen LogP contribution < -0.4 is 0 Å². The van der Waals surface area contributed by atoms with Crippen molar-refractivity contribution in [3.63, 3.8) is 0 Å². The van der Waals surface area contributed by atoms with Crippen LogP contribution in [0.1, 0.15) is 20.3 Å². The molecular weight excluding hydrogens is 115 g/mol. The minimum atomic E-state index is -0.700. The molecule has 0 saturated carbocycles. The number of rotatable bonds is 2. The Hall–Kier alpha value is 0.920. The molecule has 0 aromatic carbocycles. The van der Waals surface area contributed by atoms with Gasteiger partial charge in [0.2, 0.25) is 0 Å². The number of aliphatic hydroxyl groups excluding tert-OH is 1. The molecule has 0 aliphatic rings. The first-order valence-electron chi connectivity index (χ1n) is 2.39. The Kier molecular flexibility index (Phi) is 6.96. The molecule has 46 valence electrons. The summed E-state index contributed by atoms with van der Waals surface area (Å²) in [6.45, 7) is 3.40. The van der Waals surface area contributed by atoms with Gasteiger partial charge in [-0.3, -0.25) is 0 Å². The zero-order chi connectivity index (χ0) is 5.91. The SMILES string of the molecule is CC(C)(O)CCO.[NaH]. The predicted molar refractivity (Wildman–Crippen MR) is 35.1 cm³/mol. The molecule has 0 aliphatic carbocycles. The van der Waals surface area contributed by atoms with Crippen LogP contribution in [-0.4, -0.2) is 52.0 Å². The fourth-order valence-corrected chi connectivity index (χ4v) is 0.274. The van der Waals surface area contributed by atoms with E-state index in [1.54, 1.807) is 13.8 Å². The van der Waals surface area contributed by atoms with Crippen molar-refractivity contribution in [2.75, 3.05) is 6.61 Å². The minimum absolute atomic E-state index is 0. The molecule has 0 spiro atoms. The normalized spacial score (nSPS) is 10.5. The summed E-state index contributed by atoms with van der Waals surface area (Å²) >= 11 is 0. The molecule has 8 heavy (non-hydrogen) atoms. The first-order valence-corrected chi connectivity index (χ1v) is 2.39. The van der Waals surface area contributed by atoms with Gasteiger partial charge < -0.3 is 10.2 Å². The molecule has 0 fully saturated rings. The van der Waals surface area contributed by atoms with E-state index in [2.05, 4.69) is 0 Å². The van der Waals surface area contributed by atoms with Crippen LogP contribution in [0.4, 0.5) is 0 Å². The Labute approximate surface area is 72.2 Å². The molecule has 0 rings (SSSR count). The van der Waals surface area contributed by atoms with Crippen LogP contribution in [0.5, 0.6) is 0 Å². The number of hydrogen-bond donors (Lipinski definition) is 2. The molecule has 3 heteroatoms. The van der Waals surface area contributed by atoms with Gasteiger partial charge in [0.25, 0.3) is 0 Å². The van der Waals surface area contributed by atoms with Gasteiger partial charge in [-0.05, 0) is 20.3 Å². The third-order valence-electron chi connectivity index (χ3n) is 0.724. The van der Waals surface area contributed by atoms with Gasteiger partial charge in [-0.25, -0.2) is 0 Å². The average molecular weight is 128 g/mol. The Morgan fingerprint density at radius 3 is 1.75 bits per heavy atom. The standard InChI is InChI=1S/C5H12O2.Na.H/c1-5(2,7)3-4-6;;/h6-7H,3-4H2,1-2H3;;. The van der Waals surface area contributed by atoms with Gasteiger partial charge in [-0.2, -0.15) is 0 Å². The molecule has 2 N–H and O–H groups in total. The summed E-state index contributed by atoms with van der Waals surface area (Å²) in [5.74, 6) is 0. The van der Waals surface area contributed by atoms with Gasteiger partial charge in [0.05, 0.1) is 5.60 Å². The van der Waals surface area contributed by atoms with Crippen molar-refractivity contribution in [3.05, 3.63) is 0 Å². The molecule has 0 aliphatic heterocycles. The molecule has 2 nitrogen and oxygen atoms in total. The van der Waals surface area contributed by atoms with E-state index >= 15 is 0 Å². The summed E-state index contributed by atoms with van der Waals surface area (Å²) in [5.41, 5.74) is -0.700. The monoisotopic (exact) mass is 128 g/mol. The summed E-state index contributed by atoms with van der Waals surface area (Å²) in [6.07, 6.45) is 0.451. The van der Waals surface area contributed by atoms with Crippen LogP contribution >= 0.6 is 0 Å². The van der Waals surface area contributed by atoms with E-state index in [1.165, 1.54) is 0 Å². The van der Waals surface area contributed by atoms with Crippen LogP contribution in [-0.2, 0) is 0 Å². The van der Waals surface area contributed by atoms with Crippen molar-refractivity contribution < 1.29 is 10.2 Å². The Morgan fingerprint density at radius 1 is 1.38 bits per heavy atom. The van der Waals surface area contributed by atoms with Gasteiger partial charge in [-0.15, -0.1) is 0 Å². The fourth-order valence-electron chi connectivity index (χ4n) is 0.274. The summed E-state index contributed by atoms with van der Waals surface area (Å²) in [7, 11) is 0. The molecule has 0 radical (unpaired) electrons. The first kappa shape index (κ1) is 11.7. The van der Waals surface area contributed by atoms with E-state index in [9.17, 15) is 0 Å². The molecule has 0 heterocycles. The van der Waals surface area contributed by atoms with Gasteiger partial charge in [0.1, 0.15) is 0 Å². The summed E-state index contributed by atoms with van der Waals surface area (Å²) in [6, 6.07) is 0. The van der Waals surface area contributed by atoms with Gasteiger partial charge in [0, 0.05) is 6.61 Å². The van der Waals surface area contributed by atoms with Gasteiger partial charge in [-0.1, -0.05) is 0 Å². The van der Waals surface area contributed by atoms with Crippen LogP contribution in [0.2, 0.25) is 0 Å². The average Bonchev–Trinajstić information content (AvgIpc) is 1.30. The molecule has 0 bridgehead atoms. The fraction of sp³-hybridized carbons (Fsp3) is 1.00. The first-order chi connectivity index (χ1) is 3.06. The van der Waals surface area contributed by atoms with Crippen molar-refractivity contribution >= 4 is 29.6 Å². The Bertz CT molecular complexity index is 48.9. The summed E-state index contributed by atoms with van der Waals surface area (Å²) in [4.78, 5) is 0. The molecule has 0 saturated heterocycles. The van der Waals surface area contributed by atoms with Crippen LogP contribution in [0.15, 0.2) is 0 Å². The van der Waals surface area contributed by atoms with Crippen molar-refractivity contribution in [1.29, 1.82) is 0 Å². The molecule has 0 unspecified atom stereocenters. The van der Waals surface area contributed by atoms with E-state index in [0.29, 0.717) is 6.42 Å².